The number of amides is 1. The van der Waals surface area contributed by atoms with E-state index in [2.05, 4.69) is 10.2 Å². The lowest BCUT2D eigenvalue weighted by Gasteiger charge is -1.99. The largest absolute Gasteiger partial charge is 0.466 e. The molecule has 4 N–H and O–H groups in total. The number of carbonyl (C=O) groups excluding carboxylic acids is 1. The van der Waals surface area contributed by atoms with Gasteiger partial charge < -0.3 is 4.74 Å². The predicted molar refractivity (Wildman–Crippen MR) is 61.8 cm³/mol. The van der Waals surface area contributed by atoms with Crippen LogP contribution in [0, 0.1) is 0 Å². The molecule has 1 aromatic carbocycles. The Balaban J connectivity index is 2.04. The first-order chi connectivity index (χ1) is 8.29. The summed E-state index contributed by atoms with van der Waals surface area (Å²) < 4.78 is 5.13. The van der Waals surface area contributed by atoms with Crippen LogP contribution in [0.2, 0.25) is 0 Å². The highest BCUT2D eigenvalue weighted by Crippen LogP contribution is 2.19. The number of ether oxygens (including phenoxy) is 1. The Bertz CT molecular complexity index is 495. The second-order valence-electron chi connectivity index (χ2n) is 3.34. The molecule has 6 heteroatoms. The van der Waals surface area contributed by atoms with E-state index in [1.807, 2.05) is 35.8 Å². The zero-order chi connectivity index (χ0) is 12.1. The van der Waals surface area contributed by atoms with Crippen LogP contribution in [-0.2, 0) is 4.79 Å². The van der Waals surface area contributed by atoms with Crippen LogP contribution in [0.25, 0.3) is 11.3 Å². The first-order valence-electron chi connectivity index (χ1n) is 5.02. The van der Waals surface area contributed by atoms with E-state index < -0.39 is 5.91 Å². The Morgan fingerprint density at radius 2 is 2.18 bits per heavy atom. The molecule has 0 unspecified atom stereocenters. The Hall–Kier alpha value is -2.34. The average molecular weight is 232 g/mol. The van der Waals surface area contributed by atoms with Crippen LogP contribution in [0.5, 0.6) is 5.88 Å². The van der Waals surface area contributed by atoms with E-state index in [-0.39, 0.29) is 6.61 Å². The summed E-state index contributed by atoms with van der Waals surface area (Å²) in [6.45, 7) is -0.157. The number of hydrazine groups is 1. The van der Waals surface area contributed by atoms with Gasteiger partial charge in [0.1, 0.15) is 0 Å². The third-order valence-electron chi connectivity index (χ3n) is 2.15. The predicted octanol–water partition coefficient (Wildman–Crippen LogP) is 0.445. The van der Waals surface area contributed by atoms with Gasteiger partial charge in [-0.05, 0) is 5.56 Å². The maximum Gasteiger partial charge on any atom is 0.271 e. The highest BCUT2D eigenvalue weighted by molar-refractivity contribution is 5.76. The number of carbonyl (C=O) groups is 1. The van der Waals surface area contributed by atoms with E-state index >= 15 is 0 Å². The molecular weight excluding hydrogens is 220 g/mol. The lowest BCUT2D eigenvalue weighted by Crippen LogP contribution is -2.34. The molecule has 1 heterocycles. The van der Waals surface area contributed by atoms with Gasteiger partial charge in [-0.25, -0.2) is 5.84 Å². The minimum atomic E-state index is -0.408. The molecule has 17 heavy (non-hydrogen) atoms. The number of aromatic nitrogens is 2. The van der Waals surface area contributed by atoms with E-state index in [1.165, 1.54) is 0 Å². The standard InChI is InChI=1S/C11H12N4O2/c12-13-10(16)7-17-11-6-9(14-15-11)8-4-2-1-3-5-8/h1-6H,7,12H2,(H,13,16)(H,14,15). The maximum absolute atomic E-state index is 10.9. The molecular formula is C11H12N4O2. The van der Waals surface area contributed by atoms with Gasteiger partial charge in [0.05, 0.1) is 5.69 Å². The molecule has 0 bridgehead atoms. The fourth-order valence-electron chi connectivity index (χ4n) is 1.32. The van der Waals surface area contributed by atoms with Crippen molar-refractivity contribution in [3.63, 3.8) is 0 Å². The highest BCUT2D eigenvalue weighted by atomic mass is 16.5. The Labute approximate surface area is 97.8 Å². The van der Waals surface area contributed by atoms with Crippen LogP contribution >= 0.6 is 0 Å². The van der Waals surface area contributed by atoms with Gasteiger partial charge >= 0.3 is 0 Å². The number of nitrogens with two attached hydrogens (primary N) is 1. The number of aromatic amines is 1. The molecule has 0 radical (unpaired) electrons. The second kappa shape index (κ2) is 5.13. The Morgan fingerprint density at radius 3 is 2.88 bits per heavy atom. The van der Waals surface area contributed by atoms with Crippen molar-refractivity contribution in [2.75, 3.05) is 6.61 Å². The topological polar surface area (TPSA) is 93.0 Å². The zero-order valence-electron chi connectivity index (χ0n) is 9.01. The summed E-state index contributed by atoms with van der Waals surface area (Å²) in [6.07, 6.45) is 0. The molecule has 0 spiro atoms. The summed E-state index contributed by atoms with van der Waals surface area (Å²) in [4.78, 5) is 10.9. The molecule has 2 rings (SSSR count). The van der Waals surface area contributed by atoms with Crippen molar-refractivity contribution in [3.8, 4) is 17.1 Å². The van der Waals surface area contributed by atoms with Gasteiger partial charge in [0.2, 0.25) is 5.88 Å². The quantitative estimate of drug-likeness (QED) is 0.405. The lowest BCUT2D eigenvalue weighted by atomic mass is 10.2. The molecule has 0 saturated carbocycles. The normalized spacial score (nSPS) is 9.94. The van der Waals surface area contributed by atoms with Gasteiger partial charge in [0.25, 0.3) is 5.91 Å². The van der Waals surface area contributed by atoms with Crippen molar-refractivity contribution < 1.29 is 9.53 Å². The second-order valence-corrected chi connectivity index (χ2v) is 3.34. The molecule has 1 amide bonds. The van der Waals surface area contributed by atoms with Gasteiger partial charge in [-0.15, -0.1) is 5.10 Å². The van der Waals surface area contributed by atoms with Crippen molar-refractivity contribution in [2.24, 2.45) is 5.84 Å². The number of H-pyrrole nitrogens is 1. The average Bonchev–Trinajstić information content (AvgIpc) is 2.86. The van der Waals surface area contributed by atoms with Crippen LogP contribution < -0.4 is 16.0 Å². The zero-order valence-corrected chi connectivity index (χ0v) is 9.01. The van der Waals surface area contributed by atoms with Gasteiger partial charge in [0.15, 0.2) is 6.61 Å². The minimum absolute atomic E-state index is 0.157. The maximum atomic E-state index is 10.9. The molecule has 0 aliphatic carbocycles. The fourth-order valence-corrected chi connectivity index (χ4v) is 1.32. The highest BCUT2D eigenvalue weighted by Gasteiger charge is 2.05. The number of benzene rings is 1. The van der Waals surface area contributed by atoms with E-state index in [0.717, 1.165) is 11.3 Å². The Morgan fingerprint density at radius 1 is 1.41 bits per heavy atom. The molecule has 0 aliphatic rings. The number of nitrogens with zero attached hydrogens (tertiary/aromatic N) is 1. The summed E-state index contributed by atoms with van der Waals surface area (Å²) >= 11 is 0. The van der Waals surface area contributed by atoms with Gasteiger partial charge in [-0.1, -0.05) is 30.3 Å². The molecule has 88 valence electrons. The molecule has 6 nitrogen and oxygen atoms in total. The molecule has 0 saturated heterocycles. The lowest BCUT2D eigenvalue weighted by molar-refractivity contribution is -0.123. The molecule has 1 aromatic heterocycles. The summed E-state index contributed by atoms with van der Waals surface area (Å²) in [5, 5.41) is 6.76. The van der Waals surface area contributed by atoms with E-state index in [9.17, 15) is 4.79 Å². The van der Waals surface area contributed by atoms with E-state index in [4.69, 9.17) is 10.6 Å². The van der Waals surface area contributed by atoms with Crippen LogP contribution in [0.15, 0.2) is 36.4 Å². The number of hydrogen-bond acceptors (Lipinski definition) is 4. The van der Waals surface area contributed by atoms with Crippen LogP contribution in [0.3, 0.4) is 0 Å². The third kappa shape index (κ3) is 2.82. The first-order valence-corrected chi connectivity index (χ1v) is 5.02. The van der Waals surface area contributed by atoms with Crippen LogP contribution in [0.4, 0.5) is 0 Å². The van der Waals surface area contributed by atoms with Gasteiger partial charge in [0, 0.05) is 6.07 Å². The number of hydrogen-bond donors (Lipinski definition) is 3. The molecule has 0 atom stereocenters. The van der Waals surface area contributed by atoms with Crippen molar-refractivity contribution in [3.05, 3.63) is 36.4 Å². The van der Waals surface area contributed by atoms with Crippen molar-refractivity contribution in [1.29, 1.82) is 0 Å². The van der Waals surface area contributed by atoms with E-state index in [0.29, 0.717) is 5.88 Å². The fraction of sp³-hybridized carbons (Fsp3) is 0.0909. The Kier molecular flexibility index (Phi) is 3.37. The monoisotopic (exact) mass is 232 g/mol. The minimum Gasteiger partial charge on any atom is -0.466 e. The molecule has 0 aliphatic heterocycles. The van der Waals surface area contributed by atoms with Crippen LogP contribution in [0.1, 0.15) is 0 Å². The van der Waals surface area contributed by atoms with Crippen LogP contribution in [-0.4, -0.2) is 22.7 Å². The first kappa shape index (κ1) is 11.2. The van der Waals surface area contributed by atoms with Gasteiger partial charge in [-0.3, -0.25) is 15.3 Å². The number of nitrogens with one attached hydrogen (secondary N) is 2. The summed E-state index contributed by atoms with van der Waals surface area (Å²) in [5.41, 5.74) is 3.80. The smallest absolute Gasteiger partial charge is 0.271 e. The molecule has 2 aromatic rings. The third-order valence-corrected chi connectivity index (χ3v) is 2.15. The van der Waals surface area contributed by atoms with Gasteiger partial charge in [-0.2, -0.15) is 0 Å². The number of rotatable bonds is 4. The van der Waals surface area contributed by atoms with Crippen molar-refractivity contribution >= 4 is 5.91 Å². The van der Waals surface area contributed by atoms with Crippen molar-refractivity contribution in [1.82, 2.24) is 15.6 Å². The summed E-state index contributed by atoms with van der Waals surface area (Å²) in [6, 6.07) is 11.4. The summed E-state index contributed by atoms with van der Waals surface area (Å²) in [5.74, 6) is 4.87. The summed E-state index contributed by atoms with van der Waals surface area (Å²) in [7, 11) is 0. The SMILES string of the molecule is NNC(=O)COc1cc(-c2ccccc2)[nH]n1. The van der Waals surface area contributed by atoms with E-state index in [1.54, 1.807) is 6.07 Å². The molecule has 0 fully saturated rings. The van der Waals surface area contributed by atoms with Crippen molar-refractivity contribution in [2.45, 2.75) is 0 Å².